The van der Waals surface area contributed by atoms with Crippen molar-refractivity contribution in [3.05, 3.63) is 47.0 Å². The third kappa shape index (κ3) is 1.85. The van der Waals surface area contributed by atoms with Gasteiger partial charge >= 0.3 is 0 Å². The number of nitrogens with zero attached hydrogens (tertiary/aromatic N) is 1. The third-order valence-electron chi connectivity index (χ3n) is 3.32. The van der Waals surface area contributed by atoms with Crippen LogP contribution in [0.4, 0.5) is 0 Å². The van der Waals surface area contributed by atoms with E-state index in [9.17, 15) is 0 Å². The van der Waals surface area contributed by atoms with Crippen LogP contribution in [0.3, 0.4) is 0 Å². The highest BCUT2D eigenvalue weighted by molar-refractivity contribution is 6.31. The molecule has 1 aliphatic rings. The molecular formula is C15H11ClN2O2. The van der Waals surface area contributed by atoms with E-state index < -0.39 is 0 Å². The lowest BCUT2D eigenvalue weighted by Crippen LogP contribution is -2.12. The molecule has 1 N–H and O–H groups in total. The molecule has 0 unspecified atom stereocenters. The van der Waals surface area contributed by atoms with Crippen LogP contribution in [0, 0.1) is 0 Å². The van der Waals surface area contributed by atoms with Gasteiger partial charge in [0.2, 0.25) is 0 Å². The lowest BCUT2D eigenvalue weighted by atomic mass is 10.1. The van der Waals surface area contributed by atoms with Gasteiger partial charge in [-0.2, -0.15) is 0 Å². The zero-order valence-corrected chi connectivity index (χ0v) is 11.3. The molecule has 1 aromatic heterocycles. The van der Waals surface area contributed by atoms with Gasteiger partial charge in [0.15, 0.2) is 6.79 Å². The van der Waals surface area contributed by atoms with Crippen LogP contribution in [0.5, 0.6) is 5.75 Å². The number of imidazole rings is 1. The molecule has 20 heavy (non-hydrogen) atoms. The Morgan fingerprint density at radius 3 is 3.00 bits per heavy atom. The van der Waals surface area contributed by atoms with E-state index in [-0.39, 0.29) is 6.79 Å². The van der Waals surface area contributed by atoms with E-state index in [1.54, 1.807) is 0 Å². The summed E-state index contributed by atoms with van der Waals surface area (Å²) in [4.78, 5) is 7.90. The van der Waals surface area contributed by atoms with E-state index in [0.717, 1.165) is 33.7 Å². The maximum Gasteiger partial charge on any atom is 0.189 e. The van der Waals surface area contributed by atoms with Crippen LogP contribution in [0.15, 0.2) is 36.4 Å². The van der Waals surface area contributed by atoms with Crippen molar-refractivity contribution >= 4 is 22.6 Å². The number of hydrogen-bond donors (Lipinski definition) is 1. The second kappa shape index (κ2) is 4.51. The number of rotatable bonds is 1. The zero-order valence-electron chi connectivity index (χ0n) is 10.5. The summed E-state index contributed by atoms with van der Waals surface area (Å²) in [6.07, 6.45) is 0. The van der Waals surface area contributed by atoms with Crippen molar-refractivity contribution in [2.75, 3.05) is 6.79 Å². The molecule has 2 heterocycles. The molecule has 1 aliphatic heterocycles. The van der Waals surface area contributed by atoms with Crippen LogP contribution in [0.25, 0.3) is 22.4 Å². The fourth-order valence-electron chi connectivity index (χ4n) is 2.44. The molecule has 0 bridgehead atoms. The summed E-state index contributed by atoms with van der Waals surface area (Å²) in [5.41, 5.74) is 3.72. The first-order valence-electron chi connectivity index (χ1n) is 6.29. The molecule has 0 spiro atoms. The SMILES string of the molecule is Clc1cc2c(c(-c3nc4ccccc4[nH]3)c1)OCOC2. The number of aromatic amines is 1. The Morgan fingerprint density at radius 1 is 1.20 bits per heavy atom. The van der Waals surface area contributed by atoms with Gasteiger partial charge in [-0.3, -0.25) is 0 Å². The Kier molecular flexibility index (Phi) is 2.65. The van der Waals surface area contributed by atoms with Gasteiger partial charge in [0.25, 0.3) is 0 Å². The van der Waals surface area contributed by atoms with Crippen molar-refractivity contribution in [1.82, 2.24) is 9.97 Å². The highest BCUT2D eigenvalue weighted by Gasteiger charge is 2.19. The Bertz CT molecular complexity index is 765. The van der Waals surface area contributed by atoms with Crippen LogP contribution in [-0.2, 0) is 11.3 Å². The van der Waals surface area contributed by atoms with Gasteiger partial charge in [-0.25, -0.2) is 4.98 Å². The van der Waals surface area contributed by atoms with Gasteiger partial charge in [0.1, 0.15) is 11.6 Å². The average Bonchev–Trinajstić information content (AvgIpc) is 2.90. The number of nitrogens with one attached hydrogen (secondary N) is 1. The molecule has 0 radical (unpaired) electrons. The summed E-state index contributed by atoms with van der Waals surface area (Å²) in [6.45, 7) is 0.755. The van der Waals surface area contributed by atoms with E-state index in [2.05, 4.69) is 9.97 Å². The Balaban J connectivity index is 1.94. The quantitative estimate of drug-likeness (QED) is 0.741. The summed E-state index contributed by atoms with van der Waals surface area (Å²) in [6, 6.07) is 11.6. The molecule has 4 nitrogen and oxygen atoms in total. The first kappa shape index (κ1) is 11.8. The van der Waals surface area contributed by atoms with Gasteiger partial charge in [-0.05, 0) is 24.3 Å². The Morgan fingerprint density at radius 2 is 2.10 bits per heavy atom. The fraction of sp³-hybridized carbons (Fsp3) is 0.133. The number of halogens is 1. The van der Waals surface area contributed by atoms with Gasteiger partial charge in [0, 0.05) is 10.6 Å². The summed E-state index contributed by atoms with van der Waals surface area (Å²) in [7, 11) is 0. The molecule has 3 aromatic rings. The number of ether oxygens (including phenoxy) is 2. The topological polar surface area (TPSA) is 47.1 Å². The molecule has 2 aromatic carbocycles. The largest absolute Gasteiger partial charge is 0.466 e. The third-order valence-corrected chi connectivity index (χ3v) is 3.54. The predicted molar refractivity (Wildman–Crippen MR) is 76.8 cm³/mol. The van der Waals surface area contributed by atoms with Crippen LogP contribution >= 0.6 is 11.6 Å². The Hall–Kier alpha value is -2.04. The normalized spacial score (nSPS) is 14.1. The molecular weight excluding hydrogens is 276 g/mol. The molecule has 0 aliphatic carbocycles. The second-order valence-corrected chi connectivity index (χ2v) is 5.09. The lowest BCUT2D eigenvalue weighted by Gasteiger charge is -2.20. The van der Waals surface area contributed by atoms with E-state index in [1.165, 1.54) is 0 Å². The van der Waals surface area contributed by atoms with Gasteiger partial charge < -0.3 is 14.5 Å². The van der Waals surface area contributed by atoms with Crippen LogP contribution in [0.1, 0.15) is 5.56 Å². The summed E-state index contributed by atoms with van der Waals surface area (Å²) in [5.74, 6) is 1.55. The van der Waals surface area contributed by atoms with E-state index in [4.69, 9.17) is 21.1 Å². The molecule has 0 amide bonds. The molecule has 0 atom stereocenters. The minimum atomic E-state index is 0.252. The van der Waals surface area contributed by atoms with Crippen molar-refractivity contribution in [1.29, 1.82) is 0 Å². The van der Waals surface area contributed by atoms with Gasteiger partial charge in [-0.1, -0.05) is 23.7 Å². The standard InChI is InChI=1S/C15H11ClN2O2/c16-10-5-9-7-19-8-20-14(9)11(6-10)15-17-12-3-1-2-4-13(12)18-15/h1-6H,7-8H2,(H,17,18). The molecule has 4 rings (SSSR count). The monoisotopic (exact) mass is 286 g/mol. The number of hydrogen-bond acceptors (Lipinski definition) is 3. The number of fused-ring (bicyclic) bond motifs is 2. The number of H-pyrrole nitrogens is 1. The lowest BCUT2D eigenvalue weighted by molar-refractivity contribution is -0.0159. The van der Waals surface area contributed by atoms with Crippen molar-refractivity contribution in [3.8, 4) is 17.1 Å². The number of aromatic nitrogens is 2. The summed E-state index contributed by atoms with van der Waals surface area (Å²) < 4.78 is 10.9. The molecule has 0 fully saturated rings. The second-order valence-electron chi connectivity index (χ2n) is 4.65. The van der Waals surface area contributed by atoms with Crippen molar-refractivity contribution in [2.24, 2.45) is 0 Å². The molecule has 5 heteroatoms. The van der Waals surface area contributed by atoms with E-state index in [1.807, 2.05) is 36.4 Å². The minimum Gasteiger partial charge on any atom is -0.466 e. The molecule has 0 saturated heterocycles. The van der Waals surface area contributed by atoms with Crippen LogP contribution < -0.4 is 4.74 Å². The molecule has 0 saturated carbocycles. The summed E-state index contributed by atoms with van der Waals surface area (Å²) in [5, 5.41) is 0.647. The first-order valence-corrected chi connectivity index (χ1v) is 6.67. The Labute approximate surface area is 120 Å². The van der Waals surface area contributed by atoms with Crippen molar-refractivity contribution < 1.29 is 9.47 Å². The molecule has 100 valence electrons. The highest BCUT2D eigenvalue weighted by Crippen LogP contribution is 2.37. The maximum atomic E-state index is 6.18. The van der Waals surface area contributed by atoms with Crippen molar-refractivity contribution in [3.63, 3.8) is 0 Å². The zero-order chi connectivity index (χ0) is 13.5. The first-order chi connectivity index (χ1) is 9.81. The van der Waals surface area contributed by atoms with Gasteiger partial charge in [0.05, 0.1) is 23.2 Å². The van der Waals surface area contributed by atoms with Crippen molar-refractivity contribution in [2.45, 2.75) is 6.61 Å². The minimum absolute atomic E-state index is 0.252. The van der Waals surface area contributed by atoms with E-state index >= 15 is 0 Å². The predicted octanol–water partition coefficient (Wildman–Crippen LogP) is 3.75. The number of para-hydroxylation sites is 2. The van der Waals surface area contributed by atoms with E-state index in [0.29, 0.717) is 11.6 Å². The van der Waals surface area contributed by atoms with Crippen LogP contribution in [0.2, 0.25) is 5.02 Å². The smallest absolute Gasteiger partial charge is 0.189 e. The number of benzene rings is 2. The van der Waals surface area contributed by atoms with Crippen LogP contribution in [-0.4, -0.2) is 16.8 Å². The highest BCUT2D eigenvalue weighted by atomic mass is 35.5. The fourth-order valence-corrected chi connectivity index (χ4v) is 2.68. The van der Waals surface area contributed by atoms with Gasteiger partial charge in [-0.15, -0.1) is 0 Å². The summed E-state index contributed by atoms with van der Waals surface area (Å²) >= 11 is 6.18. The maximum absolute atomic E-state index is 6.18. The average molecular weight is 287 g/mol.